The first kappa shape index (κ1) is 27.4. The molecule has 4 rings (SSSR count). The minimum absolute atomic E-state index is 0.0789. The SMILES string of the molecule is COc1ccc(S(=O)(=O)N2CCC[C@H](C(=O)NCc3ccc(S(=O)(=O)N4CCCC4)cc3)C2)cc1OC. The predicted octanol–water partition coefficient (Wildman–Crippen LogP) is 2.21. The minimum Gasteiger partial charge on any atom is -0.493 e. The van der Waals surface area contributed by atoms with E-state index >= 15 is 0 Å². The average Bonchev–Trinajstić information content (AvgIpc) is 3.48. The molecule has 1 atom stereocenters. The molecule has 0 aromatic heterocycles. The van der Waals surface area contributed by atoms with E-state index in [1.54, 1.807) is 30.3 Å². The number of piperidine rings is 1. The molecular formula is C25H33N3O7S2. The van der Waals surface area contributed by atoms with Crippen molar-refractivity contribution in [2.24, 2.45) is 5.92 Å². The third-order valence-corrected chi connectivity index (χ3v) is 10.6. The highest BCUT2D eigenvalue weighted by Gasteiger charge is 2.34. The molecule has 0 unspecified atom stereocenters. The summed E-state index contributed by atoms with van der Waals surface area (Å²) in [6.07, 6.45) is 2.89. The maximum Gasteiger partial charge on any atom is 0.243 e. The second kappa shape index (κ2) is 11.4. The molecule has 202 valence electrons. The van der Waals surface area contributed by atoms with E-state index in [4.69, 9.17) is 9.47 Å². The Morgan fingerprint density at radius 2 is 1.43 bits per heavy atom. The van der Waals surface area contributed by atoms with E-state index in [0.717, 1.165) is 18.4 Å². The van der Waals surface area contributed by atoms with Crippen LogP contribution < -0.4 is 14.8 Å². The Morgan fingerprint density at radius 3 is 2.08 bits per heavy atom. The highest BCUT2D eigenvalue weighted by Crippen LogP contribution is 2.32. The zero-order valence-electron chi connectivity index (χ0n) is 21.1. The van der Waals surface area contributed by atoms with Gasteiger partial charge in [-0.2, -0.15) is 8.61 Å². The highest BCUT2D eigenvalue weighted by molar-refractivity contribution is 7.89. The maximum atomic E-state index is 13.3. The second-order valence-electron chi connectivity index (χ2n) is 9.19. The Kier molecular flexibility index (Phi) is 8.42. The van der Waals surface area contributed by atoms with Crippen LogP contribution in [0.3, 0.4) is 0 Å². The molecule has 2 saturated heterocycles. The zero-order chi connectivity index (χ0) is 26.6. The summed E-state index contributed by atoms with van der Waals surface area (Å²) in [5, 5.41) is 2.87. The molecule has 0 saturated carbocycles. The summed E-state index contributed by atoms with van der Waals surface area (Å²) in [5.74, 6) is 0.0209. The number of rotatable bonds is 9. The van der Waals surface area contributed by atoms with Gasteiger partial charge in [0.25, 0.3) is 0 Å². The van der Waals surface area contributed by atoms with E-state index < -0.39 is 26.0 Å². The highest BCUT2D eigenvalue weighted by atomic mass is 32.2. The minimum atomic E-state index is -3.82. The van der Waals surface area contributed by atoms with Gasteiger partial charge in [0.1, 0.15) is 0 Å². The van der Waals surface area contributed by atoms with E-state index in [0.29, 0.717) is 44.0 Å². The molecule has 12 heteroatoms. The molecule has 0 bridgehead atoms. The van der Waals surface area contributed by atoms with E-state index in [-0.39, 0.29) is 28.8 Å². The van der Waals surface area contributed by atoms with Gasteiger partial charge in [-0.05, 0) is 55.5 Å². The largest absolute Gasteiger partial charge is 0.493 e. The van der Waals surface area contributed by atoms with E-state index in [1.807, 2.05) is 0 Å². The number of nitrogens with zero attached hydrogens (tertiary/aromatic N) is 2. The number of hydrogen-bond acceptors (Lipinski definition) is 7. The fraction of sp³-hybridized carbons (Fsp3) is 0.480. The summed E-state index contributed by atoms with van der Waals surface area (Å²) >= 11 is 0. The molecular weight excluding hydrogens is 518 g/mol. The third kappa shape index (κ3) is 5.92. The molecule has 0 aliphatic carbocycles. The maximum absolute atomic E-state index is 13.3. The van der Waals surface area contributed by atoms with Crippen molar-refractivity contribution >= 4 is 26.0 Å². The Morgan fingerprint density at radius 1 is 0.838 bits per heavy atom. The number of methoxy groups -OCH3 is 2. The van der Waals surface area contributed by atoms with Crippen LogP contribution in [0.5, 0.6) is 11.5 Å². The van der Waals surface area contributed by atoms with Crippen molar-refractivity contribution in [1.82, 2.24) is 13.9 Å². The zero-order valence-corrected chi connectivity index (χ0v) is 22.7. The molecule has 2 heterocycles. The van der Waals surface area contributed by atoms with Crippen molar-refractivity contribution < 1.29 is 31.1 Å². The Hall–Kier alpha value is -2.67. The molecule has 0 spiro atoms. The van der Waals surface area contributed by atoms with Gasteiger partial charge in [0.05, 0.1) is 29.9 Å². The first-order valence-corrected chi connectivity index (χ1v) is 15.1. The molecule has 2 aliphatic rings. The number of hydrogen-bond donors (Lipinski definition) is 1. The summed E-state index contributed by atoms with van der Waals surface area (Å²) in [4.78, 5) is 13.2. The van der Waals surface area contributed by atoms with Crippen molar-refractivity contribution in [2.75, 3.05) is 40.4 Å². The summed E-state index contributed by atoms with van der Waals surface area (Å²) < 4.78 is 65.1. The number of ether oxygens (including phenoxy) is 2. The molecule has 2 aromatic carbocycles. The topological polar surface area (TPSA) is 122 Å². The van der Waals surface area contributed by atoms with Gasteiger partial charge in [-0.15, -0.1) is 0 Å². The molecule has 37 heavy (non-hydrogen) atoms. The van der Waals surface area contributed by atoms with Crippen LogP contribution in [0.15, 0.2) is 52.3 Å². The van der Waals surface area contributed by atoms with Crippen LogP contribution in [0, 0.1) is 5.92 Å². The number of benzene rings is 2. The van der Waals surface area contributed by atoms with Crippen LogP contribution >= 0.6 is 0 Å². The molecule has 0 radical (unpaired) electrons. The van der Waals surface area contributed by atoms with Crippen LogP contribution in [0.4, 0.5) is 0 Å². The van der Waals surface area contributed by atoms with Gasteiger partial charge < -0.3 is 14.8 Å². The summed E-state index contributed by atoms with van der Waals surface area (Å²) in [6.45, 7) is 1.71. The second-order valence-corrected chi connectivity index (χ2v) is 13.1. The lowest BCUT2D eigenvalue weighted by Crippen LogP contribution is -2.45. The van der Waals surface area contributed by atoms with Gasteiger partial charge in [-0.25, -0.2) is 16.8 Å². The van der Waals surface area contributed by atoms with Gasteiger partial charge in [0.15, 0.2) is 11.5 Å². The van der Waals surface area contributed by atoms with E-state index in [1.165, 1.54) is 35.0 Å². The lowest BCUT2D eigenvalue weighted by atomic mass is 9.99. The summed E-state index contributed by atoms with van der Waals surface area (Å²) in [7, 11) is -4.39. The monoisotopic (exact) mass is 551 g/mol. The smallest absolute Gasteiger partial charge is 0.243 e. The van der Waals surface area contributed by atoms with Crippen LogP contribution in [0.25, 0.3) is 0 Å². The summed E-state index contributed by atoms with van der Waals surface area (Å²) in [5.41, 5.74) is 0.763. The van der Waals surface area contributed by atoms with Gasteiger partial charge >= 0.3 is 0 Å². The van der Waals surface area contributed by atoms with Gasteiger partial charge in [-0.1, -0.05) is 12.1 Å². The van der Waals surface area contributed by atoms with Gasteiger partial charge in [-0.3, -0.25) is 4.79 Å². The fourth-order valence-corrected chi connectivity index (χ4v) is 7.75. The predicted molar refractivity (Wildman–Crippen MR) is 137 cm³/mol. The van der Waals surface area contributed by atoms with E-state index in [2.05, 4.69) is 5.32 Å². The van der Waals surface area contributed by atoms with Crippen molar-refractivity contribution in [3.8, 4) is 11.5 Å². The van der Waals surface area contributed by atoms with Crippen molar-refractivity contribution in [2.45, 2.75) is 42.0 Å². The molecule has 2 aromatic rings. The fourth-order valence-electron chi connectivity index (χ4n) is 4.69. The molecule has 1 amide bonds. The van der Waals surface area contributed by atoms with Crippen LogP contribution in [-0.2, 0) is 31.4 Å². The van der Waals surface area contributed by atoms with Crippen LogP contribution in [0.2, 0.25) is 0 Å². The van der Waals surface area contributed by atoms with Crippen molar-refractivity contribution in [1.29, 1.82) is 0 Å². The van der Waals surface area contributed by atoms with Crippen molar-refractivity contribution in [3.05, 3.63) is 48.0 Å². The normalized spacial score (nSPS) is 19.5. The molecule has 2 fully saturated rings. The van der Waals surface area contributed by atoms with Gasteiger partial charge in [0.2, 0.25) is 26.0 Å². The quantitative estimate of drug-likeness (QED) is 0.507. The van der Waals surface area contributed by atoms with Crippen LogP contribution in [0.1, 0.15) is 31.2 Å². The molecule has 2 aliphatic heterocycles. The van der Waals surface area contributed by atoms with Gasteiger partial charge in [0, 0.05) is 38.8 Å². The third-order valence-electron chi connectivity index (χ3n) is 6.84. The number of carbonyl (C=O) groups is 1. The average molecular weight is 552 g/mol. The standard InChI is InChI=1S/C25H33N3O7S2/c1-34-23-12-11-22(16-24(23)35-2)37(32,33)28-15-5-6-20(18-28)25(29)26-17-19-7-9-21(10-8-19)36(30,31)27-13-3-4-14-27/h7-12,16,20H,3-6,13-15,17-18H2,1-2H3,(H,26,29)/t20-/m0/s1. The first-order valence-electron chi connectivity index (χ1n) is 12.3. The lowest BCUT2D eigenvalue weighted by molar-refractivity contribution is -0.126. The Labute approximate surface area is 218 Å². The Bertz CT molecular complexity index is 1320. The number of sulfonamides is 2. The van der Waals surface area contributed by atoms with Crippen molar-refractivity contribution in [3.63, 3.8) is 0 Å². The van der Waals surface area contributed by atoms with Crippen LogP contribution in [-0.4, -0.2) is 71.8 Å². The van der Waals surface area contributed by atoms with E-state index in [9.17, 15) is 21.6 Å². The Balaban J connectivity index is 1.37. The number of amides is 1. The molecule has 10 nitrogen and oxygen atoms in total. The number of nitrogens with one attached hydrogen (secondary N) is 1. The first-order chi connectivity index (χ1) is 17.7. The lowest BCUT2D eigenvalue weighted by Gasteiger charge is -2.31. The molecule has 1 N–H and O–H groups in total. The number of carbonyl (C=O) groups excluding carboxylic acids is 1. The summed E-state index contributed by atoms with van der Waals surface area (Å²) in [6, 6.07) is 10.9.